The van der Waals surface area contributed by atoms with Gasteiger partial charge in [0.2, 0.25) is 11.8 Å². The molecule has 3 aromatic rings. The molecule has 0 atom stereocenters. The Morgan fingerprint density at radius 2 is 1.67 bits per heavy atom. The average molecular weight is 526 g/mol. The Labute approximate surface area is 216 Å². The van der Waals surface area contributed by atoms with Crippen LogP contribution in [0.15, 0.2) is 77.7 Å². The van der Waals surface area contributed by atoms with Crippen LogP contribution in [0.4, 0.5) is 5.69 Å². The second kappa shape index (κ2) is 11.1. The van der Waals surface area contributed by atoms with Crippen molar-refractivity contribution < 1.29 is 18.0 Å². The quantitative estimate of drug-likeness (QED) is 0.451. The van der Waals surface area contributed by atoms with Crippen LogP contribution < -0.4 is 9.62 Å². The number of aryl methyl sites for hydroxylation is 1. The predicted molar refractivity (Wildman–Crippen MR) is 140 cm³/mol. The van der Waals surface area contributed by atoms with Crippen molar-refractivity contribution in [3.63, 3.8) is 0 Å². The van der Waals surface area contributed by atoms with Crippen molar-refractivity contribution in [1.29, 1.82) is 0 Å². The maximum atomic E-state index is 13.5. The Morgan fingerprint density at radius 1 is 1.00 bits per heavy atom. The van der Waals surface area contributed by atoms with E-state index < -0.39 is 22.5 Å². The molecule has 1 N–H and O–H groups in total. The molecular weight excluding hydrogens is 498 g/mol. The number of amides is 2. The van der Waals surface area contributed by atoms with Crippen LogP contribution in [0.5, 0.6) is 0 Å². The molecule has 36 heavy (non-hydrogen) atoms. The number of nitrogens with zero attached hydrogens (tertiary/aromatic N) is 2. The first-order valence-corrected chi connectivity index (χ1v) is 13.5. The van der Waals surface area contributed by atoms with Gasteiger partial charge in [0.15, 0.2) is 0 Å². The smallest absolute Gasteiger partial charge is 0.264 e. The van der Waals surface area contributed by atoms with Gasteiger partial charge in [-0.25, -0.2) is 8.42 Å². The number of nitrogens with one attached hydrogen (secondary N) is 1. The number of benzene rings is 3. The van der Waals surface area contributed by atoms with E-state index in [1.54, 1.807) is 36.4 Å². The monoisotopic (exact) mass is 525 g/mol. The second-order valence-corrected chi connectivity index (χ2v) is 11.1. The fourth-order valence-electron chi connectivity index (χ4n) is 4.10. The van der Waals surface area contributed by atoms with E-state index in [-0.39, 0.29) is 17.3 Å². The summed E-state index contributed by atoms with van der Waals surface area (Å²) in [6.07, 6.45) is 1.42. The van der Waals surface area contributed by atoms with Crippen molar-refractivity contribution in [2.75, 3.05) is 17.4 Å². The van der Waals surface area contributed by atoms with Gasteiger partial charge in [-0.05, 0) is 60.9 Å². The van der Waals surface area contributed by atoms with Crippen LogP contribution in [0, 0.1) is 6.92 Å². The van der Waals surface area contributed by atoms with Crippen molar-refractivity contribution in [2.24, 2.45) is 0 Å². The first kappa shape index (κ1) is 25.7. The van der Waals surface area contributed by atoms with E-state index in [4.69, 9.17) is 11.6 Å². The van der Waals surface area contributed by atoms with Gasteiger partial charge >= 0.3 is 0 Å². The molecule has 0 aromatic heterocycles. The summed E-state index contributed by atoms with van der Waals surface area (Å²) in [6.45, 7) is 2.91. The molecule has 2 amide bonds. The van der Waals surface area contributed by atoms with Crippen molar-refractivity contribution in [3.05, 3.63) is 94.5 Å². The third kappa shape index (κ3) is 6.06. The molecule has 1 aliphatic rings. The van der Waals surface area contributed by atoms with Crippen LogP contribution in [0.3, 0.4) is 0 Å². The summed E-state index contributed by atoms with van der Waals surface area (Å²) < 4.78 is 28.1. The molecule has 188 valence electrons. The molecule has 1 aliphatic heterocycles. The summed E-state index contributed by atoms with van der Waals surface area (Å²) in [6, 6.07) is 20.4. The van der Waals surface area contributed by atoms with Crippen molar-refractivity contribution in [1.82, 2.24) is 10.2 Å². The van der Waals surface area contributed by atoms with Gasteiger partial charge in [-0.2, -0.15) is 0 Å². The van der Waals surface area contributed by atoms with Gasteiger partial charge in [0.1, 0.15) is 6.54 Å². The minimum absolute atomic E-state index is 0.0940. The lowest BCUT2D eigenvalue weighted by Crippen LogP contribution is -2.40. The van der Waals surface area contributed by atoms with Gasteiger partial charge in [-0.1, -0.05) is 53.6 Å². The molecule has 0 radical (unpaired) electrons. The SMILES string of the molecule is Cc1ccc(S(=O)(=O)N(CC(=O)NCc2ccccc2CN2CCCC2=O)c2ccc(Cl)cc2)cc1. The number of carbonyl (C=O) groups excluding carboxylic acids is 2. The number of sulfonamides is 1. The fourth-order valence-corrected chi connectivity index (χ4v) is 5.65. The second-order valence-electron chi connectivity index (χ2n) is 8.77. The molecule has 0 bridgehead atoms. The number of hydrogen-bond acceptors (Lipinski definition) is 4. The van der Waals surface area contributed by atoms with E-state index in [1.165, 1.54) is 12.1 Å². The van der Waals surface area contributed by atoms with E-state index in [2.05, 4.69) is 5.32 Å². The maximum absolute atomic E-state index is 13.5. The first-order chi connectivity index (χ1) is 17.2. The van der Waals surface area contributed by atoms with Gasteiger partial charge in [0.05, 0.1) is 10.6 Å². The topological polar surface area (TPSA) is 86.8 Å². The minimum Gasteiger partial charge on any atom is -0.350 e. The molecule has 9 heteroatoms. The molecule has 0 spiro atoms. The Kier molecular flexibility index (Phi) is 7.96. The van der Waals surface area contributed by atoms with Crippen molar-refractivity contribution in [3.8, 4) is 0 Å². The van der Waals surface area contributed by atoms with E-state index in [1.807, 2.05) is 36.1 Å². The van der Waals surface area contributed by atoms with E-state index in [0.717, 1.165) is 34.0 Å². The Bertz CT molecular complexity index is 1340. The third-order valence-corrected chi connectivity index (χ3v) is 8.18. The zero-order chi connectivity index (χ0) is 25.7. The summed E-state index contributed by atoms with van der Waals surface area (Å²) in [7, 11) is -4.01. The molecule has 3 aromatic carbocycles. The van der Waals surface area contributed by atoms with E-state index in [9.17, 15) is 18.0 Å². The highest BCUT2D eigenvalue weighted by Crippen LogP contribution is 2.25. The summed E-state index contributed by atoms with van der Waals surface area (Å²) in [5.41, 5.74) is 3.10. The first-order valence-electron chi connectivity index (χ1n) is 11.7. The summed E-state index contributed by atoms with van der Waals surface area (Å²) >= 11 is 6.00. The van der Waals surface area contributed by atoms with Crippen LogP contribution in [0.1, 0.15) is 29.5 Å². The molecule has 1 saturated heterocycles. The lowest BCUT2D eigenvalue weighted by Gasteiger charge is -2.24. The van der Waals surface area contributed by atoms with Crippen LogP contribution in [-0.2, 0) is 32.7 Å². The normalized spacial score (nSPS) is 13.6. The van der Waals surface area contributed by atoms with E-state index >= 15 is 0 Å². The zero-order valence-corrected chi connectivity index (χ0v) is 21.6. The van der Waals surface area contributed by atoms with Crippen LogP contribution in [-0.4, -0.2) is 38.2 Å². The van der Waals surface area contributed by atoms with Crippen LogP contribution in [0.2, 0.25) is 5.02 Å². The number of likely N-dealkylation sites (tertiary alicyclic amines) is 1. The average Bonchev–Trinajstić information content (AvgIpc) is 3.27. The predicted octanol–water partition coefficient (Wildman–Crippen LogP) is 4.28. The van der Waals surface area contributed by atoms with Crippen LogP contribution in [0.25, 0.3) is 0 Å². The molecule has 1 fully saturated rings. The van der Waals surface area contributed by atoms with Gasteiger partial charge in [0, 0.05) is 31.1 Å². The molecule has 0 saturated carbocycles. The number of anilines is 1. The van der Waals surface area contributed by atoms with Gasteiger partial charge in [-0.3, -0.25) is 13.9 Å². The summed E-state index contributed by atoms with van der Waals surface area (Å²) in [5, 5.41) is 3.31. The summed E-state index contributed by atoms with van der Waals surface area (Å²) in [4.78, 5) is 27.0. The van der Waals surface area contributed by atoms with Gasteiger partial charge in [0.25, 0.3) is 10.0 Å². The molecule has 0 unspecified atom stereocenters. The molecule has 7 nitrogen and oxygen atoms in total. The Morgan fingerprint density at radius 3 is 2.31 bits per heavy atom. The minimum atomic E-state index is -4.01. The highest BCUT2D eigenvalue weighted by molar-refractivity contribution is 7.92. The van der Waals surface area contributed by atoms with Gasteiger partial charge < -0.3 is 10.2 Å². The van der Waals surface area contributed by atoms with Crippen molar-refractivity contribution in [2.45, 2.75) is 37.8 Å². The largest absolute Gasteiger partial charge is 0.350 e. The number of rotatable bonds is 9. The summed E-state index contributed by atoms with van der Waals surface area (Å²) in [5.74, 6) is -0.318. The highest BCUT2D eigenvalue weighted by Gasteiger charge is 2.27. The Balaban J connectivity index is 1.51. The van der Waals surface area contributed by atoms with Crippen molar-refractivity contribution >= 4 is 39.1 Å². The molecule has 0 aliphatic carbocycles. The fraction of sp³-hybridized carbons (Fsp3) is 0.259. The number of carbonyl (C=O) groups is 2. The zero-order valence-electron chi connectivity index (χ0n) is 20.0. The third-order valence-electron chi connectivity index (χ3n) is 6.14. The molecular formula is C27H28ClN3O4S. The number of hydrogen-bond donors (Lipinski definition) is 1. The maximum Gasteiger partial charge on any atom is 0.264 e. The molecule has 1 heterocycles. The standard InChI is InChI=1S/C27H28ClN3O4S/c1-20-8-14-25(15-9-20)36(34,35)31(24-12-10-23(28)11-13-24)19-26(32)29-17-21-5-2-3-6-22(21)18-30-16-4-7-27(30)33/h2-3,5-6,8-15H,4,7,16-19H2,1H3,(H,29,32). The van der Waals surface area contributed by atoms with Gasteiger partial charge in [-0.15, -0.1) is 0 Å². The Hall–Kier alpha value is -3.36. The molecule has 4 rings (SSSR count). The highest BCUT2D eigenvalue weighted by atomic mass is 35.5. The lowest BCUT2D eigenvalue weighted by atomic mass is 10.1. The number of halogens is 1. The lowest BCUT2D eigenvalue weighted by molar-refractivity contribution is -0.128. The van der Waals surface area contributed by atoms with E-state index in [0.29, 0.717) is 23.7 Å². The van der Waals surface area contributed by atoms with Crippen LogP contribution >= 0.6 is 11.6 Å².